The molecular weight excluding hydrogens is 208 g/mol. The lowest BCUT2D eigenvalue weighted by Crippen LogP contribution is -1.88. The van der Waals surface area contributed by atoms with Crippen LogP contribution in [0.15, 0.2) is 65.6 Å². The van der Waals surface area contributed by atoms with Crippen LogP contribution < -0.4 is 4.89 Å². The van der Waals surface area contributed by atoms with E-state index >= 15 is 0 Å². The second-order valence-corrected chi connectivity index (χ2v) is 3.63. The van der Waals surface area contributed by atoms with Crippen molar-refractivity contribution in [2.45, 2.75) is 4.90 Å². The van der Waals surface area contributed by atoms with Crippen molar-refractivity contribution in [2.24, 2.45) is 0 Å². The van der Waals surface area contributed by atoms with E-state index in [1.165, 1.54) is 12.0 Å². The highest BCUT2D eigenvalue weighted by atomic mass is 32.2. The number of benzene rings is 2. The van der Waals surface area contributed by atoms with Crippen LogP contribution in [0, 0.1) is 0 Å². The SMILES string of the molecule is c1ccc(OOSc2ccccc2)cc1. The Morgan fingerprint density at radius 1 is 0.733 bits per heavy atom. The molecule has 0 saturated carbocycles. The van der Waals surface area contributed by atoms with Crippen LogP contribution in [-0.4, -0.2) is 0 Å². The second-order valence-electron chi connectivity index (χ2n) is 2.86. The summed E-state index contributed by atoms with van der Waals surface area (Å²) in [5, 5.41) is 0. The van der Waals surface area contributed by atoms with Gasteiger partial charge >= 0.3 is 0 Å². The largest absolute Gasteiger partial charge is 0.325 e. The fourth-order valence-electron chi connectivity index (χ4n) is 1.05. The van der Waals surface area contributed by atoms with E-state index in [0.717, 1.165) is 4.90 Å². The molecule has 0 amide bonds. The van der Waals surface area contributed by atoms with Crippen LogP contribution in [0.5, 0.6) is 5.75 Å². The van der Waals surface area contributed by atoms with Gasteiger partial charge in [-0.25, -0.2) is 0 Å². The van der Waals surface area contributed by atoms with Crippen LogP contribution >= 0.6 is 12.0 Å². The topological polar surface area (TPSA) is 18.5 Å². The molecule has 76 valence electrons. The first-order valence-electron chi connectivity index (χ1n) is 4.56. The van der Waals surface area contributed by atoms with E-state index in [9.17, 15) is 0 Å². The Labute approximate surface area is 93.0 Å². The van der Waals surface area contributed by atoms with Crippen LogP contribution in [0.2, 0.25) is 0 Å². The summed E-state index contributed by atoms with van der Waals surface area (Å²) < 4.78 is 5.02. The molecule has 0 aliphatic carbocycles. The molecule has 0 fully saturated rings. The molecule has 0 aromatic heterocycles. The maximum Gasteiger partial charge on any atom is 0.166 e. The van der Waals surface area contributed by atoms with Gasteiger partial charge in [-0.1, -0.05) is 36.4 Å². The van der Waals surface area contributed by atoms with Gasteiger partial charge in [-0.15, -0.1) is 4.33 Å². The molecular formula is C12H10O2S. The second kappa shape index (κ2) is 5.44. The van der Waals surface area contributed by atoms with Crippen molar-refractivity contribution in [1.82, 2.24) is 0 Å². The minimum absolute atomic E-state index is 0.695. The highest BCUT2D eigenvalue weighted by molar-refractivity contribution is 7.94. The monoisotopic (exact) mass is 218 g/mol. The van der Waals surface area contributed by atoms with Gasteiger partial charge in [0.1, 0.15) is 0 Å². The predicted molar refractivity (Wildman–Crippen MR) is 60.5 cm³/mol. The summed E-state index contributed by atoms with van der Waals surface area (Å²) in [6.07, 6.45) is 0. The van der Waals surface area contributed by atoms with E-state index in [4.69, 9.17) is 9.22 Å². The molecule has 0 aliphatic heterocycles. The Balaban J connectivity index is 1.81. The Morgan fingerprint density at radius 2 is 1.33 bits per heavy atom. The Morgan fingerprint density at radius 3 is 2.00 bits per heavy atom. The van der Waals surface area contributed by atoms with Gasteiger partial charge < -0.3 is 4.89 Å². The summed E-state index contributed by atoms with van der Waals surface area (Å²) >= 11 is 1.19. The van der Waals surface area contributed by atoms with Crippen molar-refractivity contribution < 1.29 is 9.22 Å². The summed E-state index contributed by atoms with van der Waals surface area (Å²) in [5.41, 5.74) is 0. The van der Waals surface area contributed by atoms with E-state index in [0.29, 0.717) is 5.75 Å². The number of hydrogen-bond acceptors (Lipinski definition) is 3. The summed E-state index contributed by atoms with van der Waals surface area (Å²) in [6, 6.07) is 19.2. The lowest BCUT2D eigenvalue weighted by Gasteiger charge is -2.02. The highest BCUT2D eigenvalue weighted by Gasteiger charge is 1.95. The first kappa shape index (κ1) is 10.1. The van der Waals surface area contributed by atoms with Gasteiger partial charge in [-0.05, 0) is 24.3 Å². The molecule has 0 atom stereocenters. The first-order chi connectivity index (χ1) is 7.45. The quantitative estimate of drug-likeness (QED) is 0.443. The fourth-order valence-corrected chi connectivity index (χ4v) is 1.51. The molecule has 2 nitrogen and oxygen atoms in total. The predicted octanol–water partition coefficient (Wildman–Crippen LogP) is 3.70. The zero-order valence-electron chi connectivity index (χ0n) is 8.00. The maximum atomic E-state index is 5.07. The van der Waals surface area contributed by atoms with Crippen LogP contribution in [0.3, 0.4) is 0 Å². The van der Waals surface area contributed by atoms with Crippen molar-refractivity contribution in [1.29, 1.82) is 0 Å². The molecule has 0 saturated heterocycles. The molecule has 3 heteroatoms. The third kappa shape index (κ3) is 3.31. The molecule has 0 bridgehead atoms. The van der Waals surface area contributed by atoms with E-state index < -0.39 is 0 Å². The number of rotatable bonds is 4. The van der Waals surface area contributed by atoms with Crippen molar-refractivity contribution >= 4 is 12.0 Å². The molecule has 15 heavy (non-hydrogen) atoms. The minimum Gasteiger partial charge on any atom is -0.325 e. The third-order valence-corrected chi connectivity index (χ3v) is 2.35. The van der Waals surface area contributed by atoms with Gasteiger partial charge in [-0.2, -0.15) is 0 Å². The Bertz CT molecular complexity index is 349. The van der Waals surface area contributed by atoms with Crippen molar-refractivity contribution in [3.63, 3.8) is 0 Å². The zero-order valence-corrected chi connectivity index (χ0v) is 8.81. The lowest BCUT2D eigenvalue weighted by atomic mass is 10.3. The van der Waals surface area contributed by atoms with Gasteiger partial charge in [0.2, 0.25) is 0 Å². The smallest absolute Gasteiger partial charge is 0.166 e. The van der Waals surface area contributed by atoms with E-state index in [1.807, 2.05) is 60.7 Å². The summed E-state index contributed by atoms with van der Waals surface area (Å²) in [4.78, 5) is 6.08. The van der Waals surface area contributed by atoms with Gasteiger partial charge in [0.25, 0.3) is 0 Å². The molecule has 0 unspecified atom stereocenters. The lowest BCUT2D eigenvalue weighted by molar-refractivity contribution is -0.0777. The van der Waals surface area contributed by atoms with Crippen molar-refractivity contribution in [3.05, 3.63) is 60.7 Å². The number of para-hydroxylation sites is 1. The van der Waals surface area contributed by atoms with Gasteiger partial charge in [0.05, 0.1) is 12.0 Å². The Kier molecular flexibility index (Phi) is 3.65. The molecule has 0 aliphatic rings. The first-order valence-corrected chi connectivity index (χ1v) is 5.30. The molecule has 0 radical (unpaired) electrons. The average Bonchev–Trinajstić information content (AvgIpc) is 2.32. The molecule has 2 rings (SSSR count). The van der Waals surface area contributed by atoms with Crippen LogP contribution in [0.4, 0.5) is 0 Å². The molecule has 0 N–H and O–H groups in total. The van der Waals surface area contributed by atoms with Crippen LogP contribution in [0.25, 0.3) is 0 Å². The van der Waals surface area contributed by atoms with Gasteiger partial charge in [0, 0.05) is 4.90 Å². The van der Waals surface area contributed by atoms with Crippen molar-refractivity contribution in [3.8, 4) is 5.75 Å². The Hall–Kier alpha value is -1.45. The standard InChI is InChI=1S/C12H10O2S/c1-3-7-11(8-4-1)13-14-15-12-9-5-2-6-10-12/h1-10H. The van der Waals surface area contributed by atoms with Crippen LogP contribution in [-0.2, 0) is 4.33 Å². The van der Waals surface area contributed by atoms with Gasteiger partial charge in [-0.3, -0.25) is 0 Å². The minimum atomic E-state index is 0.695. The third-order valence-electron chi connectivity index (χ3n) is 1.75. The molecule has 2 aromatic carbocycles. The fraction of sp³-hybridized carbons (Fsp3) is 0. The van der Waals surface area contributed by atoms with E-state index in [-0.39, 0.29) is 0 Å². The zero-order chi connectivity index (χ0) is 10.3. The number of hydrogen-bond donors (Lipinski definition) is 0. The van der Waals surface area contributed by atoms with E-state index in [1.54, 1.807) is 0 Å². The average molecular weight is 218 g/mol. The normalized spacial score (nSPS) is 9.87. The summed E-state index contributed by atoms with van der Waals surface area (Å²) in [6.45, 7) is 0. The highest BCUT2D eigenvalue weighted by Crippen LogP contribution is 2.20. The summed E-state index contributed by atoms with van der Waals surface area (Å²) in [5.74, 6) is 0.695. The molecule has 2 aromatic rings. The van der Waals surface area contributed by atoms with Crippen molar-refractivity contribution in [2.75, 3.05) is 0 Å². The molecule has 0 spiro atoms. The van der Waals surface area contributed by atoms with E-state index in [2.05, 4.69) is 0 Å². The van der Waals surface area contributed by atoms with Crippen LogP contribution in [0.1, 0.15) is 0 Å². The van der Waals surface area contributed by atoms with Gasteiger partial charge in [0.15, 0.2) is 5.75 Å². The maximum absolute atomic E-state index is 5.07. The molecule has 0 heterocycles. The summed E-state index contributed by atoms with van der Waals surface area (Å²) in [7, 11) is 0.